The quantitative estimate of drug-likeness (QED) is 0.575. The van der Waals surface area contributed by atoms with Gasteiger partial charge in [0.25, 0.3) is 0 Å². The van der Waals surface area contributed by atoms with Crippen molar-refractivity contribution in [3.05, 3.63) is 29.7 Å². The van der Waals surface area contributed by atoms with Gasteiger partial charge in [-0.3, -0.25) is 0 Å². The van der Waals surface area contributed by atoms with Crippen LogP contribution in [0.1, 0.15) is 0 Å². The van der Waals surface area contributed by atoms with Crippen LogP contribution in [0.2, 0.25) is 5.02 Å². The minimum atomic E-state index is 0.544. The molecule has 14 heavy (non-hydrogen) atoms. The van der Waals surface area contributed by atoms with Gasteiger partial charge in [-0.15, -0.1) is 0 Å². The van der Waals surface area contributed by atoms with E-state index in [1.54, 1.807) is 24.7 Å². The van der Waals surface area contributed by atoms with Gasteiger partial charge >= 0.3 is 0 Å². The lowest BCUT2D eigenvalue weighted by Crippen LogP contribution is -1.86. The molecule has 0 saturated carbocycles. The van der Waals surface area contributed by atoms with Gasteiger partial charge < -0.3 is 14.6 Å². The minimum absolute atomic E-state index is 0.544. The SMILES string of the molecule is Nc1c2ccoc2c(Cl)c2ccoc12. The molecule has 0 aliphatic rings. The highest BCUT2D eigenvalue weighted by Gasteiger charge is 2.14. The first kappa shape index (κ1) is 7.76. The van der Waals surface area contributed by atoms with Crippen molar-refractivity contribution in [1.82, 2.24) is 0 Å². The zero-order valence-corrected chi connectivity index (χ0v) is 7.84. The Morgan fingerprint density at radius 1 is 1.00 bits per heavy atom. The van der Waals surface area contributed by atoms with Gasteiger partial charge in [-0.25, -0.2) is 0 Å². The van der Waals surface area contributed by atoms with E-state index in [0.717, 1.165) is 10.8 Å². The molecule has 70 valence electrons. The van der Waals surface area contributed by atoms with Crippen LogP contribution < -0.4 is 5.73 Å². The van der Waals surface area contributed by atoms with E-state index in [-0.39, 0.29) is 0 Å². The Morgan fingerprint density at radius 3 is 2.43 bits per heavy atom. The number of benzene rings is 1. The van der Waals surface area contributed by atoms with Crippen LogP contribution in [0.25, 0.3) is 21.9 Å². The molecule has 0 amide bonds. The normalized spacial score (nSPS) is 11.5. The molecule has 3 nitrogen and oxygen atoms in total. The molecule has 0 fully saturated rings. The van der Waals surface area contributed by atoms with Gasteiger partial charge in [0.15, 0.2) is 11.2 Å². The molecule has 3 rings (SSSR count). The summed E-state index contributed by atoms with van der Waals surface area (Å²) in [5.41, 5.74) is 7.69. The maximum Gasteiger partial charge on any atom is 0.159 e. The third-order valence-corrected chi connectivity index (χ3v) is 2.68. The summed E-state index contributed by atoms with van der Waals surface area (Å²) in [6.45, 7) is 0. The number of halogens is 1. The number of furan rings is 2. The van der Waals surface area contributed by atoms with Crippen molar-refractivity contribution in [3.63, 3.8) is 0 Å². The molecule has 0 saturated heterocycles. The molecule has 0 atom stereocenters. The van der Waals surface area contributed by atoms with Crippen molar-refractivity contribution in [2.75, 3.05) is 5.73 Å². The van der Waals surface area contributed by atoms with Crippen molar-refractivity contribution >= 4 is 39.2 Å². The van der Waals surface area contributed by atoms with Crippen LogP contribution in [-0.2, 0) is 0 Å². The van der Waals surface area contributed by atoms with E-state index < -0.39 is 0 Å². The molecule has 0 bridgehead atoms. The van der Waals surface area contributed by atoms with Crippen LogP contribution in [0.15, 0.2) is 33.5 Å². The summed E-state index contributed by atoms with van der Waals surface area (Å²) in [4.78, 5) is 0. The molecule has 3 aromatic rings. The standard InChI is InChI=1S/C10H6ClNO2/c11-7-5-1-3-14-10(5)8(12)6-2-4-13-9(6)7/h1-4H,12H2. The molecule has 0 spiro atoms. The van der Waals surface area contributed by atoms with Gasteiger partial charge in [0.2, 0.25) is 0 Å². The number of nitrogen functional groups attached to an aromatic ring is 1. The summed E-state index contributed by atoms with van der Waals surface area (Å²) in [7, 11) is 0. The zero-order valence-electron chi connectivity index (χ0n) is 7.08. The zero-order chi connectivity index (χ0) is 9.71. The average Bonchev–Trinajstić information content (AvgIpc) is 2.82. The fourth-order valence-corrected chi connectivity index (χ4v) is 1.92. The van der Waals surface area contributed by atoms with E-state index in [1.807, 2.05) is 0 Å². The second kappa shape index (κ2) is 2.45. The van der Waals surface area contributed by atoms with E-state index in [2.05, 4.69) is 0 Å². The summed E-state index contributed by atoms with van der Waals surface area (Å²) in [6.07, 6.45) is 3.12. The molecule has 0 unspecified atom stereocenters. The summed E-state index contributed by atoms with van der Waals surface area (Å²) in [5.74, 6) is 0. The lowest BCUT2D eigenvalue weighted by atomic mass is 10.1. The summed E-state index contributed by atoms with van der Waals surface area (Å²) in [5, 5.41) is 2.12. The molecule has 0 aliphatic heterocycles. The minimum Gasteiger partial charge on any atom is -0.463 e. The Balaban J connectivity index is 2.72. The molecule has 2 aromatic heterocycles. The number of nitrogens with two attached hydrogens (primary N) is 1. The molecule has 2 heterocycles. The predicted octanol–water partition coefficient (Wildman–Crippen LogP) is 3.41. The van der Waals surface area contributed by atoms with Crippen molar-refractivity contribution in [3.8, 4) is 0 Å². The Bertz CT molecular complexity index is 521. The summed E-state index contributed by atoms with van der Waals surface area (Å²) in [6, 6.07) is 3.55. The highest BCUT2D eigenvalue weighted by Crippen LogP contribution is 2.38. The van der Waals surface area contributed by atoms with Crippen LogP contribution in [0.4, 0.5) is 5.69 Å². The molecule has 0 radical (unpaired) electrons. The first-order valence-electron chi connectivity index (χ1n) is 4.10. The van der Waals surface area contributed by atoms with Crippen LogP contribution in [0.5, 0.6) is 0 Å². The number of hydrogen-bond acceptors (Lipinski definition) is 3. The largest absolute Gasteiger partial charge is 0.463 e. The summed E-state index contributed by atoms with van der Waals surface area (Å²) < 4.78 is 10.5. The molecule has 4 heteroatoms. The Morgan fingerprint density at radius 2 is 1.64 bits per heavy atom. The monoisotopic (exact) mass is 207 g/mol. The Hall–Kier alpha value is -1.61. The van der Waals surface area contributed by atoms with Gasteiger partial charge in [-0.05, 0) is 12.1 Å². The van der Waals surface area contributed by atoms with Gasteiger partial charge in [0.05, 0.1) is 23.2 Å². The van der Waals surface area contributed by atoms with E-state index in [1.165, 1.54) is 0 Å². The summed E-state index contributed by atoms with van der Waals surface area (Å²) >= 11 is 6.12. The molecule has 2 N–H and O–H groups in total. The number of anilines is 1. The van der Waals surface area contributed by atoms with E-state index in [4.69, 9.17) is 26.2 Å². The van der Waals surface area contributed by atoms with E-state index >= 15 is 0 Å². The average molecular weight is 208 g/mol. The fraction of sp³-hybridized carbons (Fsp3) is 0. The second-order valence-electron chi connectivity index (χ2n) is 3.05. The van der Waals surface area contributed by atoms with Gasteiger partial charge in [-0.1, -0.05) is 11.6 Å². The topological polar surface area (TPSA) is 52.3 Å². The Labute approximate surface area is 84.0 Å². The highest BCUT2D eigenvalue weighted by atomic mass is 35.5. The van der Waals surface area contributed by atoms with Crippen LogP contribution in [0.3, 0.4) is 0 Å². The maximum absolute atomic E-state index is 6.12. The number of hydrogen-bond donors (Lipinski definition) is 1. The van der Waals surface area contributed by atoms with Crippen molar-refractivity contribution in [2.45, 2.75) is 0 Å². The Kier molecular flexibility index (Phi) is 1.36. The number of rotatable bonds is 0. The lowest BCUT2D eigenvalue weighted by Gasteiger charge is -1.99. The van der Waals surface area contributed by atoms with Gasteiger partial charge in [-0.2, -0.15) is 0 Å². The molecular weight excluding hydrogens is 202 g/mol. The van der Waals surface area contributed by atoms with Crippen molar-refractivity contribution in [2.24, 2.45) is 0 Å². The van der Waals surface area contributed by atoms with Crippen LogP contribution in [-0.4, -0.2) is 0 Å². The smallest absolute Gasteiger partial charge is 0.159 e. The van der Waals surface area contributed by atoms with Gasteiger partial charge in [0, 0.05) is 10.8 Å². The number of fused-ring (bicyclic) bond motifs is 2. The first-order valence-corrected chi connectivity index (χ1v) is 4.48. The van der Waals surface area contributed by atoms with E-state index in [9.17, 15) is 0 Å². The maximum atomic E-state index is 6.12. The molecule has 1 aromatic carbocycles. The lowest BCUT2D eigenvalue weighted by molar-refractivity contribution is 0.613. The van der Waals surface area contributed by atoms with Crippen molar-refractivity contribution in [1.29, 1.82) is 0 Å². The predicted molar refractivity (Wildman–Crippen MR) is 55.4 cm³/mol. The second-order valence-corrected chi connectivity index (χ2v) is 3.43. The van der Waals surface area contributed by atoms with E-state index in [0.29, 0.717) is 21.9 Å². The molecule has 0 aliphatic carbocycles. The van der Waals surface area contributed by atoms with Crippen molar-refractivity contribution < 1.29 is 8.83 Å². The van der Waals surface area contributed by atoms with Crippen LogP contribution >= 0.6 is 11.6 Å². The third-order valence-electron chi connectivity index (χ3n) is 2.30. The first-order chi connectivity index (χ1) is 6.79. The third kappa shape index (κ3) is 0.775. The fourth-order valence-electron chi connectivity index (χ4n) is 1.63. The highest BCUT2D eigenvalue weighted by molar-refractivity contribution is 6.41. The molecular formula is C10H6ClNO2. The van der Waals surface area contributed by atoms with Gasteiger partial charge in [0.1, 0.15) is 0 Å². The van der Waals surface area contributed by atoms with Crippen LogP contribution in [0, 0.1) is 0 Å².